The zero-order chi connectivity index (χ0) is 23.7. The molecule has 2 aromatic carbocycles. The average molecular weight is 478 g/mol. The van der Waals surface area contributed by atoms with E-state index in [1.54, 1.807) is 0 Å². The third kappa shape index (κ3) is 5.04. The summed E-state index contributed by atoms with van der Waals surface area (Å²) in [6.45, 7) is 10.3. The van der Waals surface area contributed by atoms with Crippen LogP contribution in [0.15, 0.2) is 51.7 Å². The lowest BCUT2D eigenvalue weighted by Gasteiger charge is -2.12. The van der Waals surface area contributed by atoms with E-state index in [9.17, 15) is 9.59 Å². The maximum atomic E-state index is 12.9. The number of thioether (sulfide) groups is 1. The van der Waals surface area contributed by atoms with E-state index in [-0.39, 0.29) is 17.2 Å². The van der Waals surface area contributed by atoms with Crippen molar-refractivity contribution in [3.63, 3.8) is 0 Å². The summed E-state index contributed by atoms with van der Waals surface area (Å²) in [6, 6.07) is 12.4. The molecule has 7 heteroatoms. The van der Waals surface area contributed by atoms with Crippen molar-refractivity contribution in [2.45, 2.75) is 45.7 Å². The fourth-order valence-electron chi connectivity index (χ4n) is 3.94. The topological polar surface area (TPSA) is 74.8 Å². The molecular weight excluding hydrogens is 450 g/mol. The van der Waals surface area contributed by atoms with Crippen molar-refractivity contribution in [3.05, 3.63) is 74.4 Å². The third-order valence-corrected chi connectivity index (χ3v) is 7.34. The first-order valence-corrected chi connectivity index (χ1v) is 12.7. The van der Waals surface area contributed by atoms with Crippen molar-refractivity contribution < 1.29 is 4.79 Å². The van der Waals surface area contributed by atoms with Crippen LogP contribution in [0.25, 0.3) is 21.3 Å². The molecular formula is C26H27N3O2S2. The van der Waals surface area contributed by atoms with Crippen LogP contribution in [-0.4, -0.2) is 21.6 Å². The van der Waals surface area contributed by atoms with Crippen molar-refractivity contribution in [1.29, 1.82) is 0 Å². The van der Waals surface area contributed by atoms with Gasteiger partial charge >= 0.3 is 0 Å². The maximum Gasteiger partial charge on any atom is 0.260 e. The predicted octanol–water partition coefficient (Wildman–Crippen LogP) is 6.43. The van der Waals surface area contributed by atoms with Crippen molar-refractivity contribution in [3.8, 4) is 11.1 Å². The first kappa shape index (κ1) is 23.3. The van der Waals surface area contributed by atoms with Crippen LogP contribution in [0.4, 0.5) is 5.69 Å². The number of amides is 1. The Labute approximate surface area is 201 Å². The van der Waals surface area contributed by atoms with Crippen LogP contribution in [0.5, 0.6) is 0 Å². The Morgan fingerprint density at radius 2 is 1.79 bits per heavy atom. The number of aromatic nitrogens is 2. The van der Waals surface area contributed by atoms with E-state index in [1.807, 2.05) is 38.3 Å². The van der Waals surface area contributed by atoms with Gasteiger partial charge in [0, 0.05) is 16.6 Å². The molecule has 0 saturated carbocycles. The Hall–Kier alpha value is -2.90. The Morgan fingerprint density at radius 1 is 1.12 bits per heavy atom. The molecule has 4 rings (SSSR count). The molecule has 2 heterocycles. The molecule has 0 unspecified atom stereocenters. The Morgan fingerprint density at radius 3 is 2.42 bits per heavy atom. The van der Waals surface area contributed by atoms with Gasteiger partial charge in [0.15, 0.2) is 5.16 Å². The second-order valence-electron chi connectivity index (χ2n) is 8.59. The second kappa shape index (κ2) is 9.53. The number of anilines is 1. The molecule has 2 aromatic heterocycles. The fraction of sp³-hybridized carbons (Fsp3) is 0.269. The van der Waals surface area contributed by atoms with Gasteiger partial charge in [-0.3, -0.25) is 9.59 Å². The highest BCUT2D eigenvalue weighted by Gasteiger charge is 2.15. The van der Waals surface area contributed by atoms with Crippen molar-refractivity contribution in [2.75, 3.05) is 11.1 Å². The summed E-state index contributed by atoms with van der Waals surface area (Å²) in [7, 11) is 0. The average Bonchev–Trinajstić information content (AvgIpc) is 3.19. The van der Waals surface area contributed by atoms with Crippen molar-refractivity contribution in [2.24, 2.45) is 0 Å². The van der Waals surface area contributed by atoms with Crippen LogP contribution in [-0.2, 0) is 4.79 Å². The molecule has 0 radical (unpaired) electrons. The molecule has 2 N–H and O–H groups in total. The number of aromatic amines is 1. The summed E-state index contributed by atoms with van der Waals surface area (Å²) in [4.78, 5) is 33.5. The first-order valence-electron chi connectivity index (χ1n) is 10.8. The van der Waals surface area contributed by atoms with Crippen LogP contribution in [0.2, 0.25) is 0 Å². The van der Waals surface area contributed by atoms with Gasteiger partial charge in [0.05, 0.1) is 11.1 Å². The SMILES string of the molecule is Cc1cc(C)c(NC(=O)CSc2nc3scc(-c4ccc(C(C)C)cc4)c3c(=O)[nH]2)c(C)c1. The van der Waals surface area contributed by atoms with Crippen LogP contribution in [0.1, 0.15) is 42.0 Å². The van der Waals surface area contributed by atoms with Gasteiger partial charge < -0.3 is 10.3 Å². The van der Waals surface area contributed by atoms with Gasteiger partial charge in [-0.2, -0.15) is 0 Å². The smallest absolute Gasteiger partial charge is 0.260 e. The van der Waals surface area contributed by atoms with Crippen molar-refractivity contribution >= 4 is 44.9 Å². The standard InChI is InChI=1S/C26H27N3O2S2/c1-14(2)18-6-8-19(9-7-18)20-12-32-25-22(20)24(31)28-26(29-25)33-13-21(30)27-23-16(4)10-15(3)11-17(23)5/h6-12,14H,13H2,1-5H3,(H,27,30)(H,28,29,31). The van der Waals surface area contributed by atoms with E-state index >= 15 is 0 Å². The molecule has 0 aliphatic heterocycles. The predicted molar refractivity (Wildman–Crippen MR) is 140 cm³/mol. The number of rotatable bonds is 6. The summed E-state index contributed by atoms with van der Waals surface area (Å²) in [5.41, 5.74) is 7.04. The number of thiophene rings is 1. The highest BCUT2D eigenvalue weighted by Crippen LogP contribution is 2.32. The minimum Gasteiger partial charge on any atom is -0.325 e. The zero-order valence-corrected chi connectivity index (χ0v) is 21.0. The molecule has 0 fully saturated rings. The lowest BCUT2D eigenvalue weighted by atomic mass is 9.99. The zero-order valence-electron chi connectivity index (χ0n) is 19.4. The van der Waals surface area contributed by atoms with Crippen molar-refractivity contribution in [1.82, 2.24) is 9.97 Å². The minimum atomic E-state index is -0.183. The fourth-order valence-corrected chi connectivity index (χ4v) is 5.61. The number of H-pyrrole nitrogens is 1. The number of nitrogens with one attached hydrogen (secondary N) is 2. The molecule has 0 spiro atoms. The van der Waals surface area contributed by atoms with E-state index in [1.165, 1.54) is 34.2 Å². The molecule has 0 bridgehead atoms. The summed E-state index contributed by atoms with van der Waals surface area (Å²) < 4.78 is 0. The number of nitrogens with zero attached hydrogens (tertiary/aromatic N) is 1. The maximum absolute atomic E-state index is 12.9. The highest BCUT2D eigenvalue weighted by molar-refractivity contribution is 7.99. The Kier molecular flexibility index (Phi) is 6.72. The quantitative estimate of drug-likeness (QED) is 0.248. The van der Waals surface area contributed by atoms with E-state index < -0.39 is 0 Å². The molecule has 0 saturated heterocycles. The van der Waals surface area contributed by atoms with Gasteiger partial charge in [-0.25, -0.2) is 4.98 Å². The summed E-state index contributed by atoms with van der Waals surface area (Å²) in [6.07, 6.45) is 0. The number of hydrogen-bond donors (Lipinski definition) is 2. The first-order chi connectivity index (χ1) is 15.7. The monoisotopic (exact) mass is 477 g/mol. The molecule has 1 amide bonds. The minimum absolute atomic E-state index is 0.130. The lowest BCUT2D eigenvalue weighted by molar-refractivity contribution is -0.113. The van der Waals surface area contributed by atoms with E-state index in [4.69, 9.17) is 0 Å². The molecule has 170 valence electrons. The van der Waals surface area contributed by atoms with Gasteiger partial charge in [-0.15, -0.1) is 11.3 Å². The third-order valence-electron chi connectivity index (χ3n) is 5.59. The second-order valence-corrected chi connectivity index (χ2v) is 10.4. The van der Waals surface area contributed by atoms with Gasteiger partial charge in [0.1, 0.15) is 4.83 Å². The van der Waals surface area contributed by atoms with Crippen LogP contribution >= 0.6 is 23.1 Å². The summed E-state index contributed by atoms with van der Waals surface area (Å²) >= 11 is 2.67. The van der Waals surface area contributed by atoms with E-state index in [2.05, 4.69) is 53.4 Å². The normalized spacial score (nSPS) is 11.3. The number of carbonyl (C=O) groups excluding carboxylic acids is 1. The summed E-state index contributed by atoms with van der Waals surface area (Å²) in [5.74, 6) is 0.490. The lowest BCUT2D eigenvalue weighted by Crippen LogP contribution is -2.17. The Bertz CT molecular complexity index is 1360. The van der Waals surface area contributed by atoms with E-state index in [0.717, 1.165) is 27.9 Å². The van der Waals surface area contributed by atoms with Gasteiger partial charge in [0.25, 0.3) is 5.56 Å². The van der Waals surface area contributed by atoms with Crippen LogP contribution in [0, 0.1) is 20.8 Å². The molecule has 4 aromatic rings. The number of aryl methyl sites for hydroxylation is 3. The van der Waals surface area contributed by atoms with Gasteiger partial charge in [-0.1, -0.05) is 67.6 Å². The highest BCUT2D eigenvalue weighted by atomic mass is 32.2. The summed E-state index contributed by atoms with van der Waals surface area (Å²) in [5, 5.41) is 6.00. The molecule has 0 atom stereocenters. The molecule has 33 heavy (non-hydrogen) atoms. The van der Waals surface area contributed by atoms with Gasteiger partial charge in [0.2, 0.25) is 5.91 Å². The molecule has 5 nitrogen and oxygen atoms in total. The number of hydrogen-bond acceptors (Lipinski definition) is 5. The Balaban J connectivity index is 1.51. The van der Waals surface area contributed by atoms with E-state index in [0.29, 0.717) is 21.3 Å². The number of benzene rings is 2. The largest absolute Gasteiger partial charge is 0.325 e. The van der Waals surface area contributed by atoms with Crippen LogP contribution in [0.3, 0.4) is 0 Å². The number of fused-ring (bicyclic) bond motifs is 1. The van der Waals surface area contributed by atoms with Gasteiger partial charge in [-0.05, 0) is 48.9 Å². The molecule has 0 aliphatic carbocycles. The van der Waals surface area contributed by atoms with Crippen LogP contribution < -0.4 is 10.9 Å². The number of carbonyl (C=O) groups is 1. The molecule has 0 aliphatic rings.